The minimum absolute atomic E-state index is 0.150. The SMILES string of the molecule is O=C(O)CC#Cc1ccc(F)c(CO)c1. The van der Waals surface area contributed by atoms with Gasteiger partial charge in [0.15, 0.2) is 0 Å². The van der Waals surface area contributed by atoms with E-state index in [9.17, 15) is 9.18 Å². The normalized spacial score (nSPS) is 9.20. The predicted octanol–water partition coefficient (Wildman–Crippen LogP) is 1.14. The van der Waals surface area contributed by atoms with Crippen LogP contribution in [0.5, 0.6) is 0 Å². The number of carboxylic acids is 1. The summed E-state index contributed by atoms with van der Waals surface area (Å²) in [6.45, 7) is -0.402. The number of aliphatic hydroxyl groups is 1. The average molecular weight is 208 g/mol. The average Bonchev–Trinajstić information content (AvgIpc) is 2.20. The van der Waals surface area contributed by atoms with Crippen molar-refractivity contribution in [3.8, 4) is 11.8 Å². The smallest absolute Gasteiger partial charge is 0.315 e. The Morgan fingerprint density at radius 3 is 2.80 bits per heavy atom. The Labute approximate surface area is 86.2 Å². The van der Waals surface area contributed by atoms with Gasteiger partial charge in [-0.3, -0.25) is 4.79 Å². The van der Waals surface area contributed by atoms with E-state index in [-0.39, 0.29) is 12.0 Å². The highest BCUT2D eigenvalue weighted by Gasteiger charge is 2.00. The van der Waals surface area contributed by atoms with Gasteiger partial charge in [0.1, 0.15) is 12.2 Å². The second-order valence-corrected chi connectivity index (χ2v) is 2.84. The van der Waals surface area contributed by atoms with Gasteiger partial charge in [0.25, 0.3) is 0 Å². The van der Waals surface area contributed by atoms with Gasteiger partial charge in [-0.1, -0.05) is 11.8 Å². The Morgan fingerprint density at radius 1 is 1.47 bits per heavy atom. The van der Waals surface area contributed by atoms with Crippen LogP contribution in [-0.4, -0.2) is 16.2 Å². The summed E-state index contributed by atoms with van der Waals surface area (Å²) >= 11 is 0. The molecule has 0 fully saturated rings. The highest BCUT2D eigenvalue weighted by molar-refractivity contribution is 5.70. The van der Waals surface area contributed by atoms with E-state index in [1.165, 1.54) is 18.2 Å². The summed E-state index contributed by atoms with van der Waals surface area (Å²) in [6.07, 6.45) is -0.258. The molecule has 1 rings (SSSR count). The molecule has 15 heavy (non-hydrogen) atoms. The Bertz CT molecular complexity index is 429. The van der Waals surface area contributed by atoms with Crippen LogP contribution in [0.15, 0.2) is 18.2 Å². The third-order valence-corrected chi connectivity index (χ3v) is 1.69. The van der Waals surface area contributed by atoms with Crippen LogP contribution in [-0.2, 0) is 11.4 Å². The largest absolute Gasteiger partial charge is 0.481 e. The number of rotatable bonds is 2. The molecule has 0 heterocycles. The van der Waals surface area contributed by atoms with Crippen LogP contribution in [0.25, 0.3) is 0 Å². The first kappa shape index (κ1) is 11.2. The molecule has 3 nitrogen and oxygen atoms in total. The lowest BCUT2D eigenvalue weighted by Crippen LogP contribution is -1.92. The van der Waals surface area contributed by atoms with Crippen molar-refractivity contribution in [1.29, 1.82) is 0 Å². The van der Waals surface area contributed by atoms with Gasteiger partial charge in [0.2, 0.25) is 0 Å². The highest BCUT2D eigenvalue weighted by Crippen LogP contribution is 2.09. The number of halogens is 1. The molecule has 4 heteroatoms. The summed E-state index contributed by atoms with van der Waals surface area (Å²) in [4.78, 5) is 10.2. The van der Waals surface area contributed by atoms with Gasteiger partial charge < -0.3 is 10.2 Å². The molecule has 0 aliphatic rings. The molecule has 0 saturated heterocycles. The van der Waals surface area contributed by atoms with Crippen molar-refractivity contribution in [2.75, 3.05) is 0 Å². The third-order valence-electron chi connectivity index (χ3n) is 1.69. The summed E-state index contributed by atoms with van der Waals surface area (Å²) in [5, 5.41) is 17.1. The van der Waals surface area contributed by atoms with Crippen LogP contribution in [0.3, 0.4) is 0 Å². The van der Waals surface area contributed by atoms with E-state index in [1.54, 1.807) is 0 Å². The molecule has 0 aliphatic heterocycles. The Hall–Kier alpha value is -1.86. The summed E-state index contributed by atoms with van der Waals surface area (Å²) in [5.74, 6) is 3.48. The molecular weight excluding hydrogens is 199 g/mol. The zero-order valence-corrected chi connectivity index (χ0v) is 7.83. The maximum atomic E-state index is 12.9. The van der Waals surface area contributed by atoms with Gasteiger partial charge >= 0.3 is 5.97 Å². The number of carboxylic acid groups (broad SMARTS) is 1. The first-order chi connectivity index (χ1) is 7.13. The number of benzene rings is 1. The zero-order valence-electron chi connectivity index (χ0n) is 7.83. The molecule has 0 unspecified atom stereocenters. The van der Waals surface area contributed by atoms with Crippen LogP contribution in [0.4, 0.5) is 4.39 Å². The van der Waals surface area contributed by atoms with Crippen molar-refractivity contribution in [3.63, 3.8) is 0 Å². The molecule has 1 aromatic carbocycles. The monoisotopic (exact) mass is 208 g/mol. The Kier molecular flexibility index (Phi) is 3.83. The van der Waals surface area contributed by atoms with Crippen LogP contribution in [0, 0.1) is 17.7 Å². The first-order valence-corrected chi connectivity index (χ1v) is 4.23. The molecule has 0 aliphatic carbocycles. The van der Waals surface area contributed by atoms with E-state index in [0.29, 0.717) is 5.56 Å². The first-order valence-electron chi connectivity index (χ1n) is 4.23. The fourth-order valence-corrected chi connectivity index (χ4v) is 0.996. The predicted molar refractivity (Wildman–Crippen MR) is 51.5 cm³/mol. The summed E-state index contributed by atoms with van der Waals surface area (Å²) < 4.78 is 12.9. The van der Waals surface area contributed by atoms with E-state index in [2.05, 4.69) is 11.8 Å². The lowest BCUT2D eigenvalue weighted by atomic mass is 10.1. The van der Waals surface area contributed by atoms with Gasteiger partial charge in [-0.2, -0.15) is 0 Å². The van der Waals surface area contributed by atoms with E-state index in [0.717, 1.165) is 0 Å². The zero-order chi connectivity index (χ0) is 11.3. The van der Waals surface area contributed by atoms with Crippen molar-refractivity contribution in [2.24, 2.45) is 0 Å². The molecule has 0 aromatic heterocycles. The van der Waals surface area contributed by atoms with Crippen LogP contribution < -0.4 is 0 Å². The Morgan fingerprint density at radius 2 is 2.20 bits per heavy atom. The topological polar surface area (TPSA) is 57.5 Å². The molecular formula is C11H9FO3. The van der Waals surface area contributed by atoms with Crippen molar-refractivity contribution < 1.29 is 19.4 Å². The lowest BCUT2D eigenvalue weighted by Gasteiger charge is -1.98. The standard InChI is InChI=1S/C11H9FO3/c12-10-5-4-8(6-9(10)7-13)2-1-3-11(14)15/h4-6,13H,3,7H2,(H,14,15). The minimum Gasteiger partial charge on any atom is -0.481 e. The van der Waals surface area contributed by atoms with Crippen LogP contribution >= 0.6 is 0 Å². The molecule has 0 amide bonds. The second-order valence-electron chi connectivity index (χ2n) is 2.84. The maximum absolute atomic E-state index is 12.9. The summed E-state index contributed by atoms with van der Waals surface area (Å²) in [7, 11) is 0. The van der Waals surface area contributed by atoms with Crippen molar-refractivity contribution in [3.05, 3.63) is 35.1 Å². The molecule has 78 valence electrons. The van der Waals surface area contributed by atoms with Gasteiger partial charge in [0, 0.05) is 11.1 Å². The van der Waals surface area contributed by atoms with E-state index < -0.39 is 18.4 Å². The number of aliphatic carboxylic acids is 1. The summed E-state index contributed by atoms with van der Waals surface area (Å²) in [6, 6.07) is 4.02. The molecule has 2 N–H and O–H groups in total. The quantitative estimate of drug-likeness (QED) is 0.716. The second kappa shape index (κ2) is 5.13. The molecule has 0 radical (unpaired) electrons. The molecule has 0 bridgehead atoms. The van der Waals surface area contributed by atoms with Crippen molar-refractivity contribution in [1.82, 2.24) is 0 Å². The van der Waals surface area contributed by atoms with E-state index in [1.807, 2.05) is 0 Å². The fraction of sp³-hybridized carbons (Fsp3) is 0.182. The summed E-state index contributed by atoms with van der Waals surface area (Å²) in [5.41, 5.74) is 0.638. The maximum Gasteiger partial charge on any atom is 0.315 e. The molecule has 0 spiro atoms. The van der Waals surface area contributed by atoms with Gasteiger partial charge in [0.05, 0.1) is 6.61 Å². The minimum atomic E-state index is -1.01. The molecule has 1 aromatic rings. The number of hydrogen-bond acceptors (Lipinski definition) is 2. The Balaban J connectivity index is 2.85. The highest BCUT2D eigenvalue weighted by atomic mass is 19.1. The third kappa shape index (κ3) is 3.41. The number of carbonyl (C=O) groups is 1. The van der Waals surface area contributed by atoms with Gasteiger partial charge in [-0.25, -0.2) is 4.39 Å². The van der Waals surface area contributed by atoms with Crippen molar-refractivity contribution >= 4 is 5.97 Å². The van der Waals surface area contributed by atoms with E-state index >= 15 is 0 Å². The number of aliphatic hydroxyl groups excluding tert-OH is 1. The number of hydrogen-bond donors (Lipinski definition) is 2. The van der Waals surface area contributed by atoms with Gasteiger partial charge in [-0.15, -0.1) is 0 Å². The van der Waals surface area contributed by atoms with Crippen molar-refractivity contribution in [2.45, 2.75) is 13.0 Å². The van der Waals surface area contributed by atoms with E-state index in [4.69, 9.17) is 10.2 Å². The lowest BCUT2D eigenvalue weighted by molar-refractivity contribution is -0.135. The van der Waals surface area contributed by atoms with Crippen LogP contribution in [0.2, 0.25) is 0 Å². The molecule has 0 atom stereocenters. The van der Waals surface area contributed by atoms with Gasteiger partial charge in [-0.05, 0) is 18.2 Å². The molecule has 0 saturated carbocycles. The van der Waals surface area contributed by atoms with Crippen LogP contribution in [0.1, 0.15) is 17.5 Å². The fourth-order valence-electron chi connectivity index (χ4n) is 0.996.